The predicted octanol–water partition coefficient (Wildman–Crippen LogP) is 3.67. The van der Waals surface area contributed by atoms with Gasteiger partial charge < -0.3 is 15.2 Å². The van der Waals surface area contributed by atoms with Crippen molar-refractivity contribution in [2.75, 3.05) is 25.6 Å². The van der Waals surface area contributed by atoms with Crippen molar-refractivity contribution in [1.82, 2.24) is 0 Å². The molecule has 2 N–H and O–H groups in total. The number of hydrogen-bond donors (Lipinski definition) is 2. The van der Waals surface area contributed by atoms with Crippen molar-refractivity contribution in [1.29, 1.82) is 0 Å². The number of aliphatic hydroxyl groups excluding tert-OH is 1. The molecule has 0 unspecified atom stereocenters. The molecule has 0 aromatic heterocycles. The van der Waals surface area contributed by atoms with Crippen LogP contribution in [0.15, 0.2) is 22.7 Å². The molecule has 18 heavy (non-hydrogen) atoms. The van der Waals surface area contributed by atoms with Gasteiger partial charge in [0.2, 0.25) is 0 Å². The summed E-state index contributed by atoms with van der Waals surface area (Å²) in [6.07, 6.45) is 1.91. The highest BCUT2D eigenvalue weighted by molar-refractivity contribution is 9.10. The fourth-order valence-electron chi connectivity index (χ4n) is 1.83. The number of halogens is 1. The third-order valence-electron chi connectivity index (χ3n) is 3.66. The zero-order valence-corrected chi connectivity index (χ0v) is 12.9. The van der Waals surface area contributed by atoms with E-state index in [4.69, 9.17) is 4.74 Å². The fraction of sp³-hybridized carbons (Fsp3) is 0.571. The van der Waals surface area contributed by atoms with Crippen molar-refractivity contribution in [3.8, 4) is 5.75 Å². The molecule has 0 saturated heterocycles. The van der Waals surface area contributed by atoms with E-state index in [-0.39, 0.29) is 12.0 Å². The molecule has 0 aliphatic carbocycles. The number of hydrogen-bond acceptors (Lipinski definition) is 3. The first kappa shape index (κ1) is 15.3. The van der Waals surface area contributed by atoms with Crippen LogP contribution in [-0.2, 0) is 0 Å². The number of anilines is 1. The van der Waals surface area contributed by atoms with Gasteiger partial charge in [0.1, 0.15) is 5.75 Å². The van der Waals surface area contributed by atoms with E-state index in [0.29, 0.717) is 0 Å². The topological polar surface area (TPSA) is 41.5 Å². The molecule has 3 nitrogen and oxygen atoms in total. The van der Waals surface area contributed by atoms with E-state index in [0.717, 1.165) is 35.3 Å². The third-order valence-corrected chi connectivity index (χ3v) is 4.35. The van der Waals surface area contributed by atoms with Crippen molar-refractivity contribution < 1.29 is 9.84 Å². The lowest BCUT2D eigenvalue weighted by molar-refractivity contribution is 0.127. The second-order valence-corrected chi connectivity index (χ2v) is 5.42. The molecule has 4 heteroatoms. The summed E-state index contributed by atoms with van der Waals surface area (Å²) in [6, 6.07) is 5.82. The van der Waals surface area contributed by atoms with Crippen molar-refractivity contribution in [2.24, 2.45) is 5.41 Å². The minimum absolute atomic E-state index is 0.0531. The summed E-state index contributed by atoms with van der Waals surface area (Å²) in [4.78, 5) is 0. The molecule has 1 aromatic rings. The van der Waals surface area contributed by atoms with Crippen LogP contribution in [0.4, 0.5) is 5.69 Å². The summed E-state index contributed by atoms with van der Waals surface area (Å²) in [5.74, 6) is 0.822. The van der Waals surface area contributed by atoms with Crippen LogP contribution in [0.2, 0.25) is 0 Å². The smallest absolute Gasteiger partial charge is 0.121 e. The summed E-state index contributed by atoms with van der Waals surface area (Å²) in [6.45, 7) is 5.18. The quantitative estimate of drug-likeness (QED) is 0.806. The maximum atomic E-state index is 9.55. The number of rotatable bonds is 7. The number of methoxy groups -OCH3 is 1. The summed E-state index contributed by atoms with van der Waals surface area (Å²) in [5.41, 5.74) is 0.941. The van der Waals surface area contributed by atoms with Gasteiger partial charge in [0.05, 0.1) is 19.4 Å². The Morgan fingerprint density at radius 2 is 2.00 bits per heavy atom. The standard InChI is InChI=1S/C14H22BrNO2/c1-4-14(5-2,10-17)9-16-13-8-11(18-3)6-7-12(13)15/h6-8,16-17H,4-5,9-10H2,1-3H3. The van der Waals surface area contributed by atoms with E-state index >= 15 is 0 Å². The van der Waals surface area contributed by atoms with Crippen LogP contribution in [0.25, 0.3) is 0 Å². The Morgan fingerprint density at radius 3 is 2.50 bits per heavy atom. The lowest BCUT2D eigenvalue weighted by Gasteiger charge is -2.30. The Hall–Kier alpha value is -0.740. The first-order valence-corrected chi connectivity index (χ1v) is 7.08. The molecule has 0 aliphatic rings. The van der Waals surface area contributed by atoms with Crippen LogP contribution in [0.1, 0.15) is 26.7 Å². The minimum Gasteiger partial charge on any atom is -0.497 e. The van der Waals surface area contributed by atoms with Gasteiger partial charge in [-0.15, -0.1) is 0 Å². The largest absolute Gasteiger partial charge is 0.497 e. The molecule has 0 radical (unpaired) electrons. The number of aliphatic hydroxyl groups is 1. The number of ether oxygens (including phenoxy) is 1. The average Bonchev–Trinajstić information content (AvgIpc) is 2.42. The molecule has 0 atom stereocenters. The SMILES string of the molecule is CCC(CC)(CO)CNc1cc(OC)ccc1Br. The van der Waals surface area contributed by atoms with Crippen molar-refractivity contribution in [2.45, 2.75) is 26.7 Å². The lowest BCUT2D eigenvalue weighted by Crippen LogP contribution is -2.32. The third kappa shape index (κ3) is 3.62. The maximum Gasteiger partial charge on any atom is 0.121 e. The maximum absolute atomic E-state index is 9.55. The highest BCUT2D eigenvalue weighted by atomic mass is 79.9. The molecule has 0 amide bonds. The van der Waals surface area contributed by atoms with E-state index in [9.17, 15) is 5.11 Å². The molecule has 0 saturated carbocycles. The Balaban J connectivity index is 2.78. The van der Waals surface area contributed by atoms with Crippen LogP contribution >= 0.6 is 15.9 Å². The molecular weight excluding hydrogens is 294 g/mol. The first-order valence-electron chi connectivity index (χ1n) is 6.29. The Bertz CT molecular complexity index is 370. The van der Waals surface area contributed by atoms with Gasteiger partial charge in [-0.1, -0.05) is 13.8 Å². The van der Waals surface area contributed by atoms with Gasteiger partial charge in [-0.2, -0.15) is 0 Å². The van der Waals surface area contributed by atoms with Gasteiger partial charge in [0, 0.05) is 22.5 Å². The second kappa shape index (κ2) is 7.00. The fourth-order valence-corrected chi connectivity index (χ4v) is 2.22. The van der Waals surface area contributed by atoms with Crippen molar-refractivity contribution in [3.05, 3.63) is 22.7 Å². The minimum atomic E-state index is -0.0531. The van der Waals surface area contributed by atoms with Gasteiger partial charge in [-0.05, 0) is 40.9 Å². The van der Waals surface area contributed by atoms with Crippen LogP contribution < -0.4 is 10.1 Å². The molecule has 102 valence electrons. The zero-order chi connectivity index (χ0) is 13.6. The van der Waals surface area contributed by atoms with E-state index in [2.05, 4.69) is 35.1 Å². The summed E-state index contributed by atoms with van der Waals surface area (Å²) in [7, 11) is 1.66. The average molecular weight is 316 g/mol. The summed E-state index contributed by atoms with van der Waals surface area (Å²) >= 11 is 3.51. The molecule has 0 spiro atoms. The normalized spacial score (nSPS) is 11.4. The summed E-state index contributed by atoms with van der Waals surface area (Å²) in [5, 5.41) is 12.9. The molecule has 1 aromatic carbocycles. The van der Waals surface area contributed by atoms with Gasteiger partial charge >= 0.3 is 0 Å². The van der Waals surface area contributed by atoms with Crippen LogP contribution in [0, 0.1) is 5.41 Å². The van der Waals surface area contributed by atoms with Crippen LogP contribution in [-0.4, -0.2) is 25.4 Å². The molecule has 0 aliphatic heterocycles. The Labute approximate surface area is 118 Å². The molecule has 0 heterocycles. The second-order valence-electron chi connectivity index (χ2n) is 4.56. The number of benzene rings is 1. The summed E-state index contributed by atoms with van der Waals surface area (Å²) < 4.78 is 6.21. The Morgan fingerprint density at radius 1 is 1.33 bits per heavy atom. The monoisotopic (exact) mass is 315 g/mol. The van der Waals surface area contributed by atoms with Gasteiger partial charge in [-0.25, -0.2) is 0 Å². The lowest BCUT2D eigenvalue weighted by atomic mass is 9.83. The molecule has 0 fully saturated rings. The molecule has 1 rings (SSSR count). The Kier molecular flexibility index (Phi) is 5.96. The van der Waals surface area contributed by atoms with Gasteiger partial charge in [-0.3, -0.25) is 0 Å². The van der Waals surface area contributed by atoms with Gasteiger partial charge in [0.25, 0.3) is 0 Å². The zero-order valence-electron chi connectivity index (χ0n) is 11.3. The van der Waals surface area contributed by atoms with Crippen molar-refractivity contribution in [3.63, 3.8) is 0 Å². The highest BCUT2D eigenvalue weighted by Crippen LogP contribution is 2.30. The van der Waals surface area contributed by atoms with Crippen LogP contribution in [0.5, 0.6) is 5.75 Å². The molecule has 0 bridgehead atoms. The van der Waals surface area contributed by atoms with E-state index in [1.807, 2.05) is 18.2 Å². The first-order chi connectivity index (χ1) is 8.60. The highest BCUT2D eigenvalue weighted by Gasteiger charge is 2.25. The molecular formula is C14H22BrNO2. The van der Waals surface area contributed by atoms with Crippen LogP contribution in [0.3, 0.4) is 0 Å². The van der Waals surface area contributed by atoms with E-state index in [1.165, 1.54) is 0 Å². The van der Waals surface area contributed by atoms with Crippen molar-refractivity contribution >= 4 is 21.6 Å². The van der Waals surface area contributed by atoms with E-state index in [1.54, 1.807) is 7.11 Å². The van der Waals surface area contributed by atoms with E-state index < -0.39 is 0 Å². The predicted molar refractivity (Wildman–Crippen MR) is 79.3 cm³/mol. The number of nitrogens with one attached hydrogen (secondary N) is 1. The van der Waals surface area contributed by atoms with Gasteiger partial charge in [0.15, 0.2) is 0 Å².